The lowest BCUT2D eigenvalue weighted by Gasteiger charge is -2.16. The Labute approximate surface area is 153 Å². The topological polar surface area (TPSA) is 66.9 Å². The van der Waals surface area contributed by atoms with Gasteiger partial charge in [-0.2, -0.15) is 13.2 Å². The van der Waals surface area contributed by atoms with Crippen molar-refractivity contribution in [1.82, 2.24) is 9.97 Å². The molecule has 1 aromatic carbocycles. The van der Waals surface area contributed by atoms with Gasteiger partial charge in [-0.25, -0.2) is 14.4 Å². The van der Waals surface area contributed by atoms with Crippen molar-refractivity contribution in [3.05, 3.63) is 60.3 Å². The van der Waals surface area contributed by atoms with Gasteiger partial charge in [-0.1, -0.05) is 12.2 Å². The minimum atomic E-state index is -4.55. The first-order chi connectivity index (χ1) is 12.7. The summed E-state index contributed by atoms with van der Waals surface area (Å²) >= 11 is 0. The first-order valence-electron chi connectivity index (χ1n) is 8.04. The number of benzene rings is 1. The summed E-state index contributed by atoms with van der Waals surface area (Å²) in [6.45, 7) is 5.76. The highest BCUT2D eigenvalue weighted by molar-refractivity contribution is 5.93. The summed E-state index contributed by atoms with van der Waals surface area (Å²) in [6, 6.07) is 6.16. The Balaban J connectivity index is 1.84. The number of aromatic nitrogens is 2. The fourth-order valence-electron chi connectivity index (χ4n) is 2.15. The smallest absolute Gasteiger partial charge is 0.370 e. The van der Waals surface area contributed by atoms with Gasteiger partial charge in [-0.05, 0) is 37.6 Å². The van der Waals surface area contributed by atoms with Crippen LogP contribution in [-0.2, 0) is 11.0 Å². The molecular weight excluding hydrogens is 364 g/mol. The SMILES string of the molecule is C=C(CCNc1cc(C(F)(F)F)ncn1)C(C)C(=O)Nc1ccc(F)cc1. The maximum Gasteiger partial charge on any atom is 0.433 e. The summed E-state index contributed by atoms with van der Waals surface area (Å²) in [5.74, 6) is -1.22. The monoisotopic (exact) mass is 382 g/mol. The van der Waals surface area contributed by atoms with Crippen LogP contribution in [0.3, 0.4) is 0 Å². The van der Waals surface area contributed by atoms with E-state index in [0.29, 0.717) is 17.7 Å². The van der Waals surface area contributed by atoms with E-state index in [1.54, 1.807) is 6.92 Å². The number of anilines is 2. The molecule has 0 fully saturated rings. The quantitative estimate of drug-likeness (QED) is 0.555. The van der Waals surface area contributed by atoms with Gasteiger partial charge in [0.2, 0.25) is 5.91 Å². The summed E-state index contributed by atoms with van der Waals surface area (Å²) in [7, 11) is 0. The van der Waals surface area contributed by atoms with E-state index >= 15 is 0 Å². The highest BCUT2D eigenvalue weighted by Gasteiger charge is 2.32. The van der Waals surface area contributed by atoms with Gasteiger partial charge < -0.3 is 10.6 Å². The number of rotatable bonds is 7. The van der Waals surface area contributed by atoms with Crippen LogP contribution in [0.2, 0.25) is 0 Å². The van der Waals surface area contributed by atoms with E-state index in [1.165, 1.54) is 24.3 Å². The largest absolute Gasteiger partial charge is 0.433 e. The first-order valence-corrected chi connectivity index (χ1v) is 8.04. The molecule has 2 N–H and O–H groups in total. The molecule has 1 amide bonds. The Hall–Kier alpha value is -2.97. The molecule has 0 radical (unpaired) electrons. The fourth-order valence-corrected chi connectivity index (χ4v) is 2.15. The number of hydrogen-bond donors (Lipinski definition) is 2. The molecule has 0 saturated heterocycles. The molecule has 27 heavy (non-hydrogen) atoms. The second kappa shape index (κ2) is 8.61. The summed E-state index contributed by atoms with van der Waals surface area (Å²) in [5.41, 5.74) is 0.0120. The summed E-state index contributed by atoms with van der Waals surface area (Å²) in [5, 5.41) is 5.40. The minimum absolute atomic E-state index is 0.0357. The number of nitrogens with one attached hydrogen (secondary N) is 2. The molecule has 1 unspecified atom stereocenters. The number of alkyl halides is 3. The Morgan fingerprint density at radius 2 is 1.89 bits per heavy atom. The van der Waals surface area contributed by atoms with Crippen LogP contribution in [0.5, 0.6) is 0 Å². The van der Waals surface area contributed by atoms with Crippen LogP contribution in [0.15, 0.2) is 48.8 Å². The number of carbonyl (C=O) groups is 1. The standard InChI is InChI=1S/C18H18F4N4O/c1-11(12(2)17(27)26-14-5-3-13(19)4-6-14)7-8-23-16-9-15(18(20,21)22)24-10-25-16/h3-6,9-10,12H,1,7-8H2,2H3,(H,26,27)(H,23,24,25). The lowest BCUT2D eigenvalue weighted by atomic mass is 9.99. The third kappa shape index (κ3) is 6.05. The maximum atomic E-state index is 12.9. The van der Waals surface area contributed by atoms with Gasteiger partial charge in [0.15, 0.2) is 0 Å². The maximum absolute atomic E-state index is 12.9. The van der Waals surface area contributed by atoms with Gasteiger partial charge in [0.1, 0.15) is 23.7 Å². The van der Waals surface area contributed by atoms with Crippen molar-refractivity contribution in [3.63, 3.8) is 0 Å². The third-order valence-corrected chi connectivity index (χ3v) is 3.83. The highest BCUT2D eigenvalue weighted by atomic mass is 19.4. The molecule has 9 heteroatoms. The lowest BCUT2D eigenvalue weighted by molar-refractivity contribution is -0.141. The van der Waals surface area contributed by atoms with Gasteiger partial charge >= 0.3 is 6.18 Å². The fraction of sp³-hybridized carbons (Fsp3) is 0.278. The Bertz CT molecular complexity index is 806. The summed E-state index contributed by atoms with van der Waals surface area (Å²) in [4.78, 5) is 19.1. The molecule has 144 valence electrons. The molecular formula is C18H18F4N4O. The number of halogens is 4. The molecule has 0 bridgehead atoms. The van der Waals surface area contributed by atoms with E-state index < -0.39 is 23.6 Å². The predicted molar refractivity (Wildman–Crippen MR) is 93.5 cm³/mol. The molecule has 0 saturated carbocycles. The van der Waals surface area contributed by atoms with Crippen molar-refractivity contribution >= 4 is 17.4 Å². The van der Waals surface area contributed by atoms with Gasteiger partial charge in [-0.15, -0.1) is 0 Å². The second-order valence-corrected chi connectivity index (χ2v) is 5.84. The van der Waals surface area contributed by atoms with E-state index in [1.807, 2.05) is 0 Å². The van der Waals surface area contributed by atoms with Crippen LogP contribution >= 0.6 is 0 Å². The third-order valence-electron chi connectivity index (χ3n) is 3.83. The van der Waals surface area contributed by atoms with E-state index in [4.69, 9.17) is 0 Å². The van der Waals surface area contributed by atoms with Crippen molar-refractivity contribution in [1.29, 1.82) is 0 Å². The number of carbonyl (C=O) groups excluding carboxylic acids is 1. The van der Waals surface area contributed by atoms with Crippen LogP contribution in [0.4, 0.5) is 29.1 Å². The van der Waals surface area contributed by atoms with Gasteiger partial charge in [-0.3, -0.25) is 4.79 Å². The highest BCUT2D eigenvalue weighted by Crippen LogP contribution is 2.28. The zero-order valence-corrected chi connectivity index (χ0v) is 14.5. The van der Waals surface area contributed by atoms with E-state index in [9.17, 15) is 22.4 Å². The van der Waals surface area contributed by atoms with Crippen molar-refractivity contribution in [2.24, 2.45) is 5.92 Å². The van der Waals surface area contributed by atoms with Crippen LogP contribution in [0.25, 0.3) is 0 Å². The van der Waals surface area contributed by atoms with Gasteiger partial charge in [0.05, 0.1) is 5.92 Å². The minimum Gasteiger partial charge on any atom is -0.370 e. The lowest BCUT2D eigenvalue weighted by Crippen LogP contribution is -2.22. The number of hydrogen-bond acceptors (Lipinski definition) is 4. The zero-order valence-electron chi connectivity index (χ0n) is 14.5. The second-order valence-electron chi connectivity index (χ2n) is 5.84. The molecule has 0 spiro atoms. The Morgan fingerprint density at radius 1 is 1.22 bits per heavy atom. The van der Waals surface area contributed by atoms with Gasteiger partial charge in [0, 0.05) is 18.3 Å². The first kappa shape index (κ1) is 20.3. The Kier molecular flexibility index (Phi) is 6.49. The zero-order chi connectivity index (χ0) is 20.0. The van der Waals surface area contributed by atoms with Crippen molar-refractivity contribution < 1.29 is 22.4 Å². The molecule has 5 nitrogen and oxygen atoms in total. The number of nitrogens with zero attached hydrogens (tertiary/aromatic N) is 2. The molecule has 2 aromatic rings. The predicted octanol–water partition coefficient (Wildman–Crippen LogP) is 4.27. The van der Waals surface area contributed by atoms with Crippen LogP contribution in [-0.4, -0.2) is 22.4 Å². The molecule has 1 heterocycles. The number of amides is 1. The molecule has 1 atom stereocenters. The van der Waals surface area contributed by atoms with E-state index in [0.717, 1.165) is 12.4 Å². The van der Waals surface area contributed by atoms with Gasteiger partial charge in [0.25, 0.3) is 0 Å². The van der Waals surface area contributed by atoms with Crippen molar-refractivity contribution in [3.8, 4) is 0 Å². The normalized spacial score (nSPS) is 12.3. The average Bonchev–Trinajstić information content (AvgIpc) is 2.62. The van der Waals surface area contributed by atoms with E-state index in [-0.39, 0.29) is 18.3 Å². The Morgan fingerprint density at radius 3 is 2.52 bits per heavy atom. The molecule has 0 aliphatic rings. The molecule has 2 rings (SSSR count). The summed E-state index contributed by atoms with van der Waals surface area (Å²) < 4.78 is 50.7. The summed E-state index contributed by atoms with van der Waals surface area (Å²) in [6.07, 6.45) is -3.36. The molecule has 1 aromatic heterocycles. The van der Waals surface area contributed by atoms with Crippen molar-refractivity contribution in [2.45, 2.75) is 19.5 Å². The van der Waals surface area contributed by atoms with Crippen LogP contribution < -0.4 is 10.6 Å². The van der Waals surface area contributed by atoms with Crippen LogP contribution in [0.1, 0.15) is 19.0 Å². The van der Waals surface area contributed by atoms with E-state index in [2.05, 4.69) is 27.2 Å². The molecule has 0 aliphatic carbocycles. The molecule has 0 aliphatic heterocycles. The van der Waals surface area contributed by atoms with Crippen LogP contribution in [0, 0.1) is 11.7 Å². The average molecular weight is 382 g/mol. The van der Waals surface area contributed by atoms with Crippen molar-refractivity contribution in [2.75, 3.05) is 17.2 Å².